The molecule has 0 aliphatic rings. The molecule has 6 nitrogen and oxygen atoms in total. The maximum atomic E-state index is 4.58. The lowest BCUT2D eigenvalue weighted by Gasteiger charge is -2.09. The summed E-state index contributed by atoms with van der Waals surface area (Å²) >= 11 is 0. The Morgan fingerprint density at radius 3 is 2.57 bits per heavy atom. The van der Waals surface area contributed by atoms with E-state index in [2.05, 4.69) is 39.2 Å². The van der Waals surface area contributed by atoms with Gasteiger partial charge >= 0.3 is 0 Å². The molecule has 0 spiro atoms. The quantitative estimate of drug-likeness (QED) is 0.795. The lowest BCUT2D eigenvalue weighted by molar-refractivity contribution is 0.774. The topological polar surface area (TPSA) is 68.5 Å². The fourth-order valence-electron chi connectivity index (χ4n) is 2.27. The normalized spacial score (nSPS) is 11.0. The van der Waals surface area contributed by atoms with Crippen LogP contribution in [0.25, 0.3) is 16.7 Å². The molecule has 0 unspecified atom stereocenters. The van der Waals surface area contributed by atoms with E-state index in [1.807, 2.05) is 36.0 Å². The van der Waals surface area contributed by atoms with Gasteiger partial charge in [-0.2, -0.15) is 9.67 Å². The van der Waals surface area contributed by atoms with Crippen molar-refractivity contribution in [3.05, 3.63) is 35.9 Å². The first kappa shape index (κ1) is 13.5. The molecule has 2 heterocycles. The smallest absolute Gasteiger partial charge is 0.225 e. The summed E-state index contributed by atoms with van der Waals surface area (Å²) < 4.78 is 1.84. The van der Waals surface area contributed by atoms with E-state index in [0.29, 0.717) is 5.95 Å². The van der Waals surface area contributed by atoms with Crippen LogP contribution in [-0.2, 0) is 12.8 Å². The molecule has 0 fully saturated rings. The highest BCUT2D eigenvalue weighted by molar-refractivity contribution is 5.86. The molecule has 0 saturated carbocycles. The van der Waals surface area contributed by atoms with Crippen molar-refractivity contribution in [1.29, 1.82) is 0 Å². The molecule has 0 bridgehead atoms. The van der Waals surface area contributed by atoms with Crippen molar-refractivity contribution in [2.45, 2.75) is 26.7 Å². The van der Waals surface area contributed by atoms with E-state index in [1.165, 1.54) is 0 Å². The molecule has 0 atom stereocenters. The maximum absolute atomic E-state index is 4.58. The number of benzene rings is 1. The van der Waals surface area contributed by atoms with E-state index in [9.17, 15) is 0 Å². The van der Waals surface area contributed by atoms with Crippen molar-refractivity contribution in [3.8, 4) is 5.82 Å². The van der Waals surface area contributed by atoms with E-state index in [1.54, 1.807) is 0 Å². The zero-order valence-corrected chi connectivity index (χ0v) is 12.5. The molecule has 0 saturated heterocycles. The number of anilines is 1. The molecule has 108 valence electrons. The standard InChI is InChI=1S/C15H18N6/c1-4-12-18-13(5-2)21(20-12)14-10-8-6-7-9-11(10)17-15(16-3)19-14/h6-9H,4-5H2,1-3H3,(H,16,17,19). The Labute approximate surface area is 123 Å². The molecular weight excluding hydrogens is 264 g/mol. The van der Waals surface area contributed by atoms with Gasteiger partial charge in [0.2, 0.25) is 5.95 Å². The van der Waals surface area contributed by atoms with Crippen LogP contribution in [0.5, 0.6) is 0 Å². The molecule has 6 heteroatoms. The minimum atomic E-state index is 0.583. The van der Waals surface area contributed by atoms with E-state index in [0.717, 1.165) is 41.2 Å². The third kappa shape index (κ3) is 2.33. The molecule has 1 N–H and O–H groups in total. The Bertz CT molecular complexity index is 777. The number of fused-ring (bicyclic) bond motifs is 1. The summed E-state index contributed by atoms with van der Waals surface area (Å²) in [5.74, 6) is 3.10. The highest BCUT2D eigenvalue weighted by Gasteiger charge is 2.14. The second-order valence-corrected chi connectivity index (χ2v) is 4.70. The summed E-state index contributed by atoms with van der Waals surface area (Å²) in [6, 6.07) is 7.94. The van der Waals surface area contributed by atoms with E-state index >= 15 is 0 Å². The summed E-state index contributed by atoms with van der Waals surface area (Å²) in [6.45, 7) is 4.12. The van der Waals surface area contributed by atoms with Crippen LogP contribution in [-0.4, -0.2) is 31.8 Å². The number of rotatable bonds is 4. The molecule has 0 amide bonds. The van der Waals surface area contributed by atoms with Gasteiger partial charge in [-0.1, -0.05) is 26.0 Å². The van der Waals surface area contributed by atoms with Gasteiger partial charge in [-0.25, -0.2) is 9.97 Å². The van der Waals surface area contributed by atoms with Crippen LogP contribution >= 0.6 is 0 Å². The zero-order chi connectivity index (χ0) is 14.8. The first-order valence-electron chi connectivity index (χ1n) is 7.16. The fraction of sp³-hybridized carbons (Fsp3) is 0.333. The average Bonchev–Trinajstić information content (AvgIpc) is 2.97. The number of aromatic nitrogens is 5. The molecule has 2 aromatic heterocycles. The number of hydrogen-bond donors (Lipinski definition) is 1. The Kier molecular flexibility index (Phi) is 3.51. The van der Waals surface area contributed by atoms with Gasteiger partial charge in [0.1, 0.15) is 5.82 Å². The summed E-state index contributed by atoms with van der Waals surface area (Å²) in [4.78, 5) is 13.6. The molecule has 0 aliphatic heterocycles. The lowest BCUT2D eigenvalue weighted by Crippen LogP contribution is -2.08. The Morgan fingerprint density at radius 1 is 1.05 bits per heavy atom. The molecule has 1 aromatic carbocycles. The van der Waals surface area contributed by atoms with Gasteiger partial charge in [0.15, 0.2) is 11.6 Å². The third-order valence-electron chi connectivity index (χ3n) is 3.36. The van der Waals surface area contributed by atoms with Crippen LogP contribution in [0.1, 0.15) is 25.5 Å². The second kappa shape index (κ2) is 5.47. The van der Waals surface area contributed by atoms with Crippen LogP contribution < -0.4 is 5.32 Å². The first-order chi connectivity index (χ1) is 10.3. The molecule has 21 heavy (non-hydrogen) atoms. The monoisotopic (exact) mass is 282 g/mol. The van der Waals surface area contributed by atoms with Crippen LogP contribution in [0.3, 0.4) is 0 Å². The van der Waals surface area contributed by atoms with Gasteiger partial charge in [-0.05, 0) is 12.1 Å². The van der Waals surface area contributed by atoms with Gasteiger partial charge in [0, 0.05) is 25.3 Å². The van der Waals surface area contributed by atoms with Gasteiger partial charge in [-0.3, -0.25) is 0 Å². The van der Waals surface area contributed by atoms with Crippen molar-refractivity contribution in [1.82, 2.24) is 24.7 Å². The summed E-state index contributed by atoms with van der Waals surface area (Å²) in [5.41, 5.74) is 0.891. The van der Waals surface area contributed by atoms with Crippen LogP contribution in [0.4, 0.5) is 5.95 Å². The van der Waals surface area contributed by atoms with Gasteiger partial charge in [0.25, 0.3) is 0 Å². The highest BCUT2D eigenvalue weighted by Crippen LogP contribution is 2.21. The summed E-state index contributed by atoms with van der Waals surface area (Å²) in [5, 5.41) is 8.56. The van der Waals surface area contributed by atoms with Crippen LogP contribution in [0.2, 0.25) is 0 Å². The van der Waals surface area contributed by atoms with Gasteiger partial charge < -0.3 is 5.32 Å². The van der Waals surface area contributed by atoms with Crippen molar-refractivity contribution < 1.29 is 0 Å². The number of para-hydroxylation sites is 1. The largest absolute Gasteiger partial charge is 0.357 e. The number of nitrogens with one attached hydrogen (secondary N) is 1. The maximum Gasteiger partial charge on any atom is 0.225 e. The molecule has 3 rings (SSSR count). The molecular formula is C15H18N6. The molecule has 3 aromatic rings. The summed E-state index contributed by atoms with van der Waals surface area (Å²) in [6.07, 6.45) is 1.61. The van der Waals surface area contributed by atoms with Gasteiger partial charge in [0.05, 0.1) is 5.52 Å². The first-order valence-corrected chi connectivity index (χ1v) is 7.16. The highest BCUT2D eigenvalue weighted by atomic mass is 15.4. The van der Waals surface area contributed by atoms with E-state index < -0.39 is 0 Å². The van der Waals surface area contributed by atoms with E-state index in [4.69, 9.17) is 0 Å². The number of nitrogens with zero attached hydrogens (tertiary/aromatic N) is 5. The predicted molar refractivity (Wildman–Crippen MR) is 82.8 cm³/mol. The average molecular weight is 282 g/mol. The number of aryl methyl sites for hydroxylation is 2. The van der Waals surface area contributed by atoms with Crippen LogP contribution in [0, 0.1) is 0 Å². The minimum Gasteiger partial charge on any atom is -0.357 e. The molecule has 0 radical (unpaired) electrons. The Morgan fingerprint density at radius 2 is 1.86 bits per heavy atom. The van der Waals surface area contributed by atoms with Crippen molar-refractivity contribution >= 4 is 16.9 Å². The zero-order valence-electron chi connectivity index (χ0n) is 12.5. The Balaban J connectivity index is 2.30. The van der Waals surface area contributed by atoms with Crippen molar-refractivity contribution in [3.63, 3.8) is 0 Å². The van der Waals surface area contributed by atoms with E-state index in [-0.39, 0.29) is 0 Å². The third-order valence-corrected chi connectivity index (χ3v) is 3.36. The Hall–Kier alpha value is -2.50. The second-order valence-electron chi connectivity index (χ2n) is 4.70. The summed E-state index contributed by atoms with van der Waals surface area (Å²) in [7, 11) is 1.81. The molecule has 0 aliphatic carbocycles. The number of hydrogen-bond acceptors (Lipinski definition) is 5. The predicted octanol–water partition coefficient (Wildman–Crippen LogP) is 2.38. The van der Waals surface area contributed by atoms with Crippen LogP contribution in [0.15, 0.2) is 24.3 Å². The van der Waals surface area contributed by atoms with Gasteiger partial charge in [-0.15, -0.1) is 5.10 Å². The fourth-order valence-corrected chi connectivity index (χ4v) is 2.27. The lowest BCUT2D eigenvalue weighted by atomic mass is 10.2. The van der Waals surface area contributed by atoms with Crippen molar-refractivity contribution in [2.75, 3.05) is 12.4 Å². The SMILES string of the molecule is CCc1nc(CC)n(-c2nc(NC)nc3ccccc23)n1. The van der Waals surface area contributed by atoms with Crippen molar-refractivity contribution in [2.24, 2.45) is 0 Å². The minimum absolute atomic E-state index is 0.583.